The number of carbonyl (C=O) groups excluding carboxylic acids is 2. The molecule has 0 aliphatic heterocycles. The first-order valence-electron chi connectivity index (χ1n) is 14.0. The topological polar surface area (TPSA) is 43.4 Å². The number of ketones is 1. The van der Waals surface area contributed by atoms with E-state index < -0.39 is 0 Å². The van der Waals surface area contributed by atoms with E-state index in [-0.39, 0.29) is 33.0 Å². The largest absolute Gasteiger partial charge is 0.466 e. The van der Waals surface area contributed by atoms with Crippen LogP contribution < -0.4 is 0 Å². The second-order valence-electron chi connectivity index (χ2n) is 14.0. The Bertz CT molecular complexity index is 1010. The minimum absolute atomic E-state index is 0.110. The fourth-order valence-corrected chi connectivity index (χ4v) is 9.92. The molecule has 5 aliphatic carbocycles. The van der Waals surface area contributed by atoms with Crippen LogP contribution in [0.5, 0.6) is 0 Å². The molecule has 35 heavy (non-hydrogen) atoms. The molecule has 0 amide bonds. The normalized spacial score (nSPS) is 45.0. The molecule has 0 N–H and O–H groups in total. The molecule has 0 aromatic heterocycles. The van der Waals surface area contributed by atoms with Crippen molar-refractivity contribution in [3.05, 3.63) is 36.0 Å². The average Bonchev–Trinajstić information content (AvgIpc) is 3.36. The lowest BCUT2D eigenvalue weighted by Crippen LogP contribution is -2.54. The Labute approximate surface area is 212 Å². The highest BCUT2D eigenvalue weighted by Crippen LogP contribution is 2.86. The molecular formula is C32H46O3. The van der Waals surface area contributed by atoms with Gasteiger partial charge in [0.1, 0.15) is 0 Å². The monoisotopic (exact) mass is 478 g/mol. The number of rotatable bonds is 6. The summed E-state index contributed by atoms with van der Waals surface area (Å²) in [5.41, 5.74) is 1.85. The summed E-state index contributed by atoms with van der Waals surface area (Å²) in [7, 11) is 0. The van der Waals surface area contributed by atoms with E-state index in [1.54, 1.807) is 0 Å². The maximum absolute atomic E-state index is 12.8. The maximum atomic E-state index is 12.8. The molecule has 0 saturated heterocycles. The van der Waals surface area contributed by atoms with E-state index >= 15 is 0 Å². The molecule has 5 aliphatic rings. The van der Waals surface area contributed by atoms with Gasteiger partial charge in [-0.05, 0) is 99.4 Å². The predicted molar refractivity (Wildman–Crippen MR) is 140 cm³/mol. The van der Waals surface area contributed by atoms with Crippen LogP contribution in [0.2, 0.25) is 0 Å². The molecule has 0 radical (unpaired) electrons. The van der Waals surface area contributed by atoms with E-state index in [9.17, 15) is 9.59 Å². The zero-order chi connectivity index (χ0) is 25.4. The zero-order valence-corrected chi connectivity index (χ0v) is 23.1. The van der Waals surface area contributed by atoms with Crippen molar-refractivity contribution < 1.29 is 14.3 Å². The molecule has 192 valence electrons. The molecule has 8 atom stereocenters. The summed E-state index contributed by atoms with van der Waals surface area (Å²) in [6.07, 6.45) is 20.0. The molecule has 2 spiro atoms. The smallest absolute Gasteiger partial charge is 0.302 e. The Hall–Kier alpha value is -1.64. The van der Waals surface area contributed by atoms with Crippen LogP contribution in [0.25, 0.3) is 0 Å². The van der Waals surface area contributed by atoms with Gasteiger partial charge in [-0.2, -0.15) is 0 Å². The van der Waals surface area contributed by atoms with Gasteiger partial charge < -0.3 is 4.74 Å². The highest BCUT2D eigenvalue weighted by Gasteiger charge is 2.80. The number of carbonyl (C=O) groups is 2. The second kappa shape index (κ2) is 7.93. The summed E-state index contributed by atoms with van der Waals surface area (Å²) < 4.78 is 5.64. The molecule has 3 saturated carbocycles. The van der Waals surface area contributed by atoms with Crippen molar-refractivity contribution in [1.29, 1.82) is 0 Å². The van der Waals surface area contributed by atoms with E-state index in [1.807, 2.05) is 6.08 Å². The summed E-state index contributed by atoms with van der Waals surface area (Å²) >= 11 is 0. The van der Waals surface area contributed by atoms with Gasteiger partial charge >= 0.3 is 5.97 Å². The van der Waals surface area contributed by atoms with Crippen molar-refractivity contribution >= 4 is 11.8 Å². The number of hydrogen-bond donors (Lipinski definition) is 0. The Morgan fingerprint density at radius 1 is 1.03 bits per heavy atom. The summed E-state index contributed by atoms with van der Waals surface area (Å²) in [5.74, 6) is 2.18. The quantitative estimate of drug-likeness (QED) is 0.294. The maximum Gasteiger partial charge on any atom is 0.302 e. The number of hydrogen-bond acceptors (Lipinski definition) is 3. The van der Waals surface area contributed by atoms with E-state index in [1.165, 1.54) is 38.2 Å². The summed E-state index contributed by atoms with van der Waals surface area (Å²) in [5, 5.41) is 0. The van der Waals surface area contributed by atoms with Crippen molar-refractivity contribution in [1.82, 2.24) is 0 Å². The summed E-state index contributed by atoms with van der Waals surface area (Å²) in [6.45, 7) is 15.9. The first-order valence-corrected chi connectivity index (χ1v) is 14.0. The molecule has 3 heteroatoms. The van der Waals surface area contributed by atoms with Crippen molar-refractivity contribution in [3.8, 4) is 0 Å². The van der Waals surface area contributed by atoms with Crippen molar-refractivity contribution in [2.75, 3.05) is 6.61 Å². The Kier molecular flexibility index (Phi) is 5.67. The Morgan fingerprint density at radius 2 is 1.71 bits per heavy atom. The zero-order valence-electron chi connectivity index (χ0n) is 23.1. The van der Waals surface area contributed by atoms with Gasteiger partial charge in [0.2, 0.25) is 0 Å². The lowest BCUT2D eigenvalue weighted by atomic mass is 9.45. The Balaban J connectivity index is 1.48. The molecule has 5 rings (SSSR count). The van der Waals surface area contributed by atoms with Gasteiger partial charge in [0.15, 0.2) is 5.78 Å². The number of esters is 1. The molecule has 0 bridgehead atoms. The number of ether oxygens (including phenoxy) is 1. The number of fused-ring (bicyclic) bond motifs is 2. The van der Waals surface area contributed by atoms with Gasteiger partial charge in [-0.1, -0.05) is 57.6 Å². The average molecular weight is 479 g/mol. The highest BCUT2D eigenvalue weighted by molar-refractivity contribution is 5.96. The minimum Gasteiger partial charge on any atom is -0.466 e. The van der Waals surface area contributed by atoms with Crippen LogP contribution >= 0.6 is 0 Å². The van der Waals surface area contributed by atoms with Crippen LogP contribution in [0.3, 0.4) is 0 Å². The summed E-state index contributed by atoms with van der Waals surface area (Å²) in [4.78, 5) is 24.5. The first kappa shape index (κ1) is 25.0. The van der Waals surface area contributed by atoms with Gasteiger partial charge in [0.05, 0.1) is 6.61 Å². The lowest BCUT2D eigenvalue weighted by molar-refractivity contribution is -0.143. The van der Waals surface area contributed by atoms with Gasteiger partial charge in [-0.3, -0.25) is 9.59 Å². The fraction of sp³-hybridized carbons (Fsp3) is 0.750. The third kappa shape index (κ3) is 3.28. The van der Waals surface area contributed by atoms with Crippen LogP contribution in [-0.4, -0.2) is 18.4 Å². The third-order valence-corrected chi connectivity index (χ3v) is 12.0. The van der Waals surface area contributed by atoms with Crippen LogP contribution in [0.15, 0.2) is 36.0 Å². The lowest BCUT2D eigenvalue weighted by Gasteiger charge is -2.59. The molecule has 8 unspecified atom stereocenters. The fourth-order valence-electron chi connectivity index (χ4n) is 9.92. The summed E-state index contributed by atoms with van der Waals surface area (Å²) in [6, 6.07) is 0. The van der Waals surface area contributed by atoms with Crippen LogP contribution in [0.1, 0.15) is 93.4 Å². The van der Waals surface area contributed by atoms with E-state index in [0.29, 0.717) is 36.1 Å². The third-order valence-electron chi connectivity index (χ3n) is 12.0. The Morgan fingerprint density at radius 3 is 2.40 bits per heavy atom. The van der Waals surface area contributed by atoms with Crippen LogP contribution in [0.4, 0.5) is 0 Å². The van der Waals surface area contributed by atoms with Gasteiger partial charge in [0.25, 0.3) is 0 Å². The standard InChI is InChI=1S/C32H46O3/c1-21(2)9-8-10-23(19-35-22(3)33)24-13-15-30(7)26-12-11-25-28(4,5)27(34)14-16-31(25)20-32(26,31)18-17-29(24,30)6/h9,14,16-18,23-26H,8,10-13,15,19-20H2,1-7H3. The van der Waals surface area contributed by atoms with Gasteiger partial charge in [0, 0.05) is 23.2 Å². The molecule has 0 heterocycles. The SMILES string of the molecule is CC(=O)OCC(CCC=C(C)C)C1CCC2(C)C3CCC4C(C)(C)C(=O)C=CC45CC35C=CC12C. The van der Waals surface area contributed by atoms with Crippen molar-refractivity contribution in [3.63, 3.8) is 0 Å². The van der Waals surface area contributed by atoms with Gasteiger partial charge in [-0.25, -0.2) is 0 Å². The van der Waals surface area contributed by atoms with E-state index in [4.69, 9.17) is 4.74 Å². The second-order valence-corrected chi connectivity index (χ2v) is 14.0. The molecule has 0 aromatic carbocycles. The predicted octanol–water partition coefficient (Wildman–Crippen LogP) is 7.47. The van der Waals surface area contributed by atoms with Crippen molar-refractivity contribution in [2.24, 2.45) is 50.7 Å². The first-order chi connectivity index (χ1) is 16.3. The molecule has 3 nitrogen and oxygen atoms in total. The van der Waals surface area contributed by atoms with E-state index in [0.717, 1.165) is 19.3 Å². The van der Waals surface area contributed by atoms with Crippen molar-refractivity contribution in [2.45, 2.75) is 93.4 Å². The minimum atomic E-state index is -0.253. The molecule has 0 aromatic rings. The van der Waals surface area contributed by atoms with Crippen LogP contribution in [0, 0.1) is 50.7 Å². The van der Waals surface area contributed by atoms with Gasteiger partial charge in [-0.15, -0.1) is 0 Å². The number of allylic oxidation sites excluding steroid dienone is 6. The molecular weight excluding hydrogens is 432 g/mol. The van der Waals surface area contributed by atoms with Crippen LogP contribution in [-0.2, 0) is 14.3 Å². The van der Waals surface area contributed by atoms with E-state index in [2.05, 4.69) is 65.8 Å². The molecule has 3 fully saturated rings. The highest BCUT2D eigenvalue weighted by atomic mass is 16.5.